The molecule has 2 N–H and O–H groups in total. The van der Waals surface area contributed by atoms with Gasteiger partial charge in [-0.2, -0.15) is 10.2 Å². The summed E-state index contributed by atoms with van der Waals surface area (Å²) in [5, 5.41) is 22.5. The highest BCUT2D eigenvalue weighted by Crippen LogP contribution is 2.26. The molecule has 38 heavy (non-hydrogen) atoms. The fraction of sp³-hybridized carbons (Fsp3) is 0.222. The van der Waals surface area contributed by atoms with Crippen LogP contribution in [0.15, 0.2) is 78.2 Å². The van der Waals surface area contributed by atoms with Gasteiger partial charge in [-0.3, -0.25) is 19.3 Å². The second-order valence-electron chi connectivity index (χ2n) is 9.53. The standard InChI is InChI=1S/C27H24FN7O3/c28-21-5-7-22(8-6-21)35-24-23(15-32-35)26(37)34(17-29-24)16-27(38)9-11-33(12-10-27)25(36)19-3-1-18(2-4-19)20-13-30-31-14-20/h1-8,13-15,17,38H,9-12,16H2,(H,30,31). The second-order valence-corrected chi connectivity index (χ2v) is 9.53. The number of rotatable bonds is 5. The first-order chi connectivity index (χ1) is 18.4. The van der Waals surface area contributed by atoms with Crippen LogP contribution in [-0.2, 0) is 6.54 Å². The molecule has 0 bridgehead atoms. The van der Waals surface area contributed by atoms with Gasteiger partial charge in [-0.05, 0) is 54.8 Å². The number of fused-ring (bicyclic) bond motifs is 1. The SMILES string of the molecule is O=C(c1ccc(-c2cn[nH]c2)cc1)N1CCC(O)(Cn2cnc3c(cnn3-c3ccc(F)cc3)c2=O)CC1. The zero-order valence-electron chi connectivity index (χ0n) is 20.3. The first-order valence-corrected chi connectivity index (χ1v) is 12.2. The van der Waals surface area contributed by atoms with E-state index in [0.717, 1.165) is 11.1 Å². The van der Waals surface area contributed by atoms with Gasteiger partial charge in [-0.25, -0.2) is 14.1 Å². The summed E-state index contributed by atoms with van der Waals surface area (Å²) in [4.78, 5) is 32.3. The molecule has 1 aliphatic rings. The number of piperidine rings is 1. The smallest absolute Gasteiger partial charge is 0.264 e. The molecular formula is C27H24FN7O3. The van der Waals surface area contributed by atoms with Gasteiger partial charge in [0.2, 0.25) is 0 Å². The maximum Gasteiger partial charge on any atom is 0.264 e. The Hall–Kier alpha value is -4.64. The Balaban J connectivity index is 1.14. The molecule has 10 nitrogen and oxygen atoms in total. The van der Waals surface area contributed by atoms with Crippen LogP contribution in [0.3, 0.4) is 0 Å². The van der Waals surface area contributed by atoms with E-state index in [0.29, 0.717) is 48.2 Å². The molecule has 0 spiro atoms. The largest absolute Gasteiger partial charge is 0.388 e. The van der Waals surface area contributed by atoms with Crippen LogP contribution < -0.4 is 5.56 Å². The summed E-state index contributed by atoms with van der Waals surface area (Å²) in [5.41, 5.74) is 1.93. The van der Waals surface area contributed by atoms with Crippen molar-refractivity contribution < 1.29 is 14.3 Å². The molecule has 1 aliphatic heterocycles. The Morgan fingerprint density at radius 1 is 1.03 bits per heavy atom. The van der Waals surface area contributed by atoms with E-state index in [2.05, 4.69) is 20.3 Å². The average Bonchev–Trinajstić information content (AvgIpc) is 3.62. The normalized spacial score (nSPS) is 15.2. The van der Waals surface area contributed by atoms with Crippen LogP contribution in [-0.4, -0.2) is 64.1 Å². The molecule has 2 aromatic carbocycles. The van der Waals surface area contributed by atoms with E-state index in [1.54, 1.807) is 41.6 Å². The van der Waals surface area contributed by atoms with Crippen LogP contribution in [0.1, 0.15) is 23.2 Å². The third kappa shape index (κ3) is 4.37. The minimum atomic E-state index is -1.16. The number of hydrogen-bond acceptors (Lipinski definition) is 6. The van der Waals surface area contributed by atoms with E-state index in [1.165, 1.54) is 33.9 Å². The first kappa shape index (κ1) is 23.7. The fourth-order valence-corrected chi connectivity index (χ4v) is 4.83. The van der Waals surface area contributed by atoms with Gasteiger partial charge in [-0.1, -0.05) is 12.1 Å². The highest BCUT2D eigenvalue weighted by Gasteiger charge is 2.35. The van der Waals surface area contributed by atoms with Gasteiger partial charge in [0.25, 0.3) is 11.5 Å². The van der Waals surface area contributed by atoms with Crippen molar-refractivity contribution in [1.29, 1.82) is 0 Å². The Morgan fingerprint density at radius 2 is 1.76 bits per heavy atom. The molecule has 1 fully saturated rings. The molecule has 0 unspecified atom stereocenters. The lowest BCUT2D eigenvalue weighted by Gasteiger charge is -2.38. The molecule has 4 heterocycles. The number of halogens is 1. The number of nitrogens with one attached hydrogen (secondary N) is 1. The summed E-state index contributed by atoms with van der Waals surface area (Å²) >= 11 is 0. The van der Waals surface area contributed by atoms with E-state index >= 15 is 0 Å². The maximum absolute atomic E-state index is 13.3. The molecule has 6 rings (SSSR count). The molecular weight excluding hydrogens is 489 g/mol. The quantitative estimate of drug-likeness (QED) is 0.373. The number of benzene rings is 2. The van der Waals surface area contributed by atoms with Crippen LogP contribution in [0.25, 0.3) is 27.8 Å². The average molecular weight is 514 g/mol. The highest BCUT2D eigenvalue weighted by atomic mass is 19.1. The number of amides is 1. The lowest BCUT2D eigenvalue weighted by molar-refractivity contribution is -0.0299. The van der Waals surface area contributed by atoms with Crippen LogP contribution in [0.5, 0.6) is 0 Å². The van der Waals surface area contributed by atoms with Crippen molar-refractivity contribution >= 4 is 16.9 Å². The lowest BCUT2D eigenvalue weighted by atomic mass is 9.90. The number of aromatic nitrogens is 6. The summed E-state index contributed by atoms with van der Waals surface area (Å²) in [6, 6.07) is 13.1. The van der Waals surface area contributed by atoms with Gasteiger partial charge < -0.3 is 10.0 Å². The van der Waals surface area contributed by atoms with Crippen molar-refractivity contribution in [2.24, 2.45) is 0 Å². The third-order valence-corrected chi connectivity index (χ3v) is 7.04. The predicted octanol–water partition coefficient (Wildman–Crippen LogP) is 2.78. The first-order valence-electron chi connectivity index (χ1n) is 12.2. The number of nitrogens with zero attached hydrogens (tertiary/aromatic N) is 6. The molecule has 1 saturated heterocycles. The van der Waals surface area contributed by atoms with Crippen molar-refractivity contribution in [2.45, 2.75) is 25.0 Å². The van der Waals surface area contributed by atoms with E-state index in [9.17, 15) is 19.1 Å². The van der Waals surface area contributed by atoms with Gasteiger partial charge >= 0.3 is 0 Å². The van der Waals surface area contributed by atoms with Crippen LogP contribution in [0.4, 0.5) is 4.39 Å². The maximum atomic E-state index is 13.3. The molecule has 192 valence electrons. The monoisotopic (exact) mass is 513 g/mol. The van der Waals surface area contributed by atoms with Crippen molar-refractivity contribution in [3.8, 4) is 16.8 Å². The third-order valence-electron chi connectivity index (χ3n) is 7.04. The Labute approximate surface area is 216 Å². The van der Waals surface area contributed by atoms with Crippen molar-refractivity contribution in [3.63, 3.8) is 0 Å². The summed E-state index contributed by atoms with van der Waals surface area (Å²) in [6.45, 7) is 0.787. The second kappa shape index (κ2) is 9.34. The van der Waals surface area contributed by atoms with Crippen LogP contribution >= 0.6 is 0 Å². The van der Waals surface area contributed by atoms with Gasteiger partial charge in [0.1, 0.15) is 17.5 Å². The fourth-order valence-electron chi connectivity index (χ4n) is 4.83. The van der Waals surface area contributed by atoms with Crippen molar-refractivity contribution in [1.82, 2.24) is 34.4 Å². The molecule has 0 atom stereocenters. The molecule has 1 amide bonds. The zero-order chi connectivity index (χ0) is 26.3. The minimum Gasteiger partial charge on any atom is -0.388 e. The van der Waals surface area contributed by atoms with Crippen molar-refractivity contribution in [2.75, 3.05) is 13.1 Å². The van der Waals surface area contributed by atoms with E-state index in [-0.39, 0.29) is 23.8 Å². The number of carbonyl (C=O) groups excluding carboxylic acids is 1. The van der Waals surface area contributed by atoms with Gasteiger partial charge in [0.15, 0.2) is 5.65 Å². The number of likely N-dealkylation sites (tertiary alicyclic amines) is 1. The minimum absolute atomic E-state index is 0.0535. The van der Waals surface area contributed by atoms with Crippen molar-refractivity contribution in [3.05, 3.63) is 95.2 Å². The topological polar surface area (TPSA) is 122 Å². The molecule has 0 radical (unpaired) electrons. The summed E-state index contributed by atoms with van der Waals surface area (Å²) in [5.74, 6) is -0.468. The van der Waals surface area contributed by atoms with E-state index in [1.807, 2.05) is 12.1 Å². The summed E-state index contributed by atoms with van der Waals surface area (Å²) in [7, 11) is 0. The molecule has 0 aliphatic carbocycles. The predicted molar refractivity (Wildman–Crippen MR) is 137 cm³/mol. The van der Waals surface area contributed by atoms with Crippen LogP contribution in [0, 0.1) is 5.82 Å². The highest BCUT2D eigenvalue weighted by molar-refractivity contribution is 5.94. The molecule has 3 aromatic heterocycles. The van der Waals surface area contributed by atoms with Crippen LogP contribution in [0.2, 0.25) is 0 Å². The Morgan fingerprint density at radius 3 is 2.45 bits per heavy atom. The van der Waals surface area contributed by atoms with E-state index < -0.39 is 5.60 Å². The number of carbonyl (C=O) groups is 1. The molecule has 0 saturated carbocycles. The van der Waals surface area contributed by atoms with Gasteiger partial charge in [0, 0.05) is 30.4 Å². The van der Waals surface area contributed by atoms with Gasteiger partial charge in [-0.15, -0.1) is 0 Å². The van der Waals surface area contributed by atoms with E-state index in [4.69, 9.17) is 0 Å². The zero-order valence-corrected chi connectivity index (χ0v) is 20.3. The Kier molecular flexibility index (Phi) is 5.84. The number of hydrogen-bond donors (Lipinski definition) is 2. The lowest BCUT2D eigenvalue weighted by Crippen LogP contribution is -2.49. The van der Waals surface area contributed by atoms with Gasteiger partial charge in [0.05, 0.1) is 30.2 Å². The number of aromatic amines is 1. The Bertz CT molecular complexity index is 1650. The summed E-state index contributed by atoms with van der Waals surface area (Å²) in [6.07, 6.45) is 6.98. The summed E-state index contributed by atoms with van der Waals surface area (Å²) < 4.78 is 16.1. The molecule has 5 aromatic rings. The molecule has 11 heteroatoms. The number of H-pyrrole nitrogens is 1. The number of aliphatic hydroxyl groups is 1.